The molecule has 2 heterocycles. The minimum absolute atomic E-state index is 0.0145. The summed E-state index contributed by atoms with van der Waals surface area (Å²) in [5, 5.41) is 19.3. The van der Waals surface area contributed by atoms with Crippen LogP contribution in [0.15, 0.2) is 85.2 Å². The molecule has 0 amide bonds. The van der Waals surface area contributed by atoms with Gasteiger partial charge in [-0.1, -0.05) is 49.2 Å². The topological polar surface area (TPSA) is 109 Å². The monoisotopic (exact) mass is 560 g/mol. The van der Waals surface area contributed by atoms with Crippen molar-refractivity contribution in [2.45, 2.75) is 62.5 Å². The molecule has 8 heteroatoms. The molecule has 1 saturated heterocycles. The Hall–Kier alpha value is -3.88. The Morgan fingerprint density at radius 3 is 2.24 bits per heavy atom. The van der Waals surface area contributed by atoms with Crippen molar-refractivity contribution >= 4 is 11.9 Å². The van der Waals surface area contributed by atoms with Gasteiger partial charge >= 0.3 is 11.9 Å². The Balaban J connectivity index is 0.000000426. The summed E-state index contributed by atoms with van der Waals surface area (Å²) in [5.74, 6) is -2.68. The Labute approximate surface area is 240 Å². The van der Waals surface area contributed by atoms with E-state index in [2.05, 4.69) is 46.7 Å². The minimum Gasteiger partial charge on any atom is -0.478 e. The molecule has 1 atom stereocenters. The van der Waals surface area contributed by atoms with E-state index in [0.717, 1.165) is 51.8 Å². The molecule has 2 fully saturated rings. The van der Waals surface area contributed by atoms with Crippen molar-refractivity contribution in [2.75, 3.05) is 13.2 Å². The molecule has 0 unspecified atom stereocenters. The first kappa shape index (κ1) is 30.1. The van der Waals surface area contributed by atoms with Crippen LogP contribution in [-0.4, -0.2) is 45.9 Å². The molecule has 41 heavy (non-hydrogen) atoms. The molecule has 5 rings (SSSR count). The number of carbonyl (C=O) groups is 2. The quantitative estimate of drug-likeness (QED) is 0.213. The van der Waals surface area contributed by atoms with Gasteiger partial charge in [-0.3, -0.25) is 4.98 Å². The highest BCUT2D eigenvalue weighted by Crippen LogP contribution is 2.50. The molecule has 3 N–H and O–H groups in total. The third-order valence-electron chi connectivity index (χ3n) is 8.09. The second-order valence-electron chi connectivity index (χ2n) is 10.8. The zero-order valence-corrected chi connectivity index (χ0v) is 23.1. The number of pyridine rings is 1. The van der Waals surface area contributed by atoms with Gasteiger partial charge in [0.15, 0.2) is 0 Å². The molecular formula is C33H37FN2O5. The number of ether oxygens (including phenoxy) is 1. The molecule has 1 aliphatic carbocycles. The maximum Gasteiger partial charge on any atom is 0.328 e. The van der Waals surface area contributed by atoms with Crippen LogP contribution in [0.2, 0.25) is 0 Å². The summed E-state index contributed by atoms with van der Waals surface area (Å²) in [4.78, 5) is 23.3. The van der Waals surface area contributed by atoms with Crippen LogP contribution >= 0.6 is 0 Å². The second kappa shape index (κ2) is 14.1. The van der Waals surface area contributed by atoms with Gasteiger partial charge in [-0.25, -0.2) is 14.0 Å². The van der Waals surface area contributed by atoms with Crippen LogP contribution in [0.4, 0.5) is 4.39 Å². The van der Waals surface area contributed by atoms with Gasteiger partial charge in [0.05, 0.1) is 5.60 Å². The van der Waals surface area contributed by atoms with Crippen LogP contribution < -0.4 is 5.32 Å². The predicted octanol–water partition coefficient (Wildman–Crippen LogP) is 6.14. The number of nitrogens with one attached hydrogen (secondary N) is 1. The van der Waals surface area contributed by atoms with E-state index >= 15 is 0 Å². The second-order valence-corrected chi connectivity index (χ2v) is 10.8. The number of hydrogen-bond donors (Lipinski definition) is 3. The standard InChI is InChI=1S/C29H33FN2O.C4H4O4/c30-26-9-7-25(8-10-26)28(16-20-33-29(22-28)13-3-4-14-29)15-19-32-21-24-5-1-2-6-27(24)23-11-17-31-18-12-23;5-3(6)1-2-4(7)8/h1-2,5-12,17-18,32H,3-4,13-16,19-22H2;1-2H,(H,5,6)(H,7,8)/b;2-1-/t28-;/m1./s1. The number of nitrogens with zero attached hydrogens (tertiary/aromatic N) is 1. The van der Waals surface area contributed by atoms with E-state index in [4.69, 9.17) is 14.9 Å². The number of rotatable bonds is 9. The lowest BCUT2D eigenvalue weighted by molar-refractivity contribution is -0.134. The van der Waals surface area contributed by atoms with Crippen LogP contribution in [0.5, 0.6) is 0 Å². The number of aromatic nitrogens is 1. The van der Waals surface area contributed by atoms with Gasteiger partial charge in [0.1, 0.15) is 5.82 Å². The van der Waals surface area contributed by atoms with Gasteiger partial charge in [0, 0.05) is 43.1 Å². The predicted molar refractivity (Wildman–Crippen MR) is 155 cm³/mol. The highest BCUT2D eigenvalue weighted by Gasteiger charge is 2.47. The molecule has 2 aromatic carbocycles. The fourth-order valence-electron chi connectivity index (χ4n) is 6.15. The van der Waals surface area contributed by atoms with E-state index in [1.54, 1.807) is 12.1 Å². The lowest BCUT2D eigenvalue weighted by atomic mass is 9.66. The van der Waals surface area contributed by atoms with Crippen molar-refractivity contribution in [2.24, 2.45) is 0 Å². The van der Waals surface area contributed by atoms with Gasteiger partial charge in [0.2, 0.25) is 0 Å². The normalized spacial score (nSPS) is 19.5. The molecule has 7 nitrogen and oxygen atoms in total. The molecule has 3 aromatic rings. The van der Waals surface area contributed by atoms with Gasteiger partial charge in [-0.2, -0.15) is 0 Å². The largest absolute Gasteiger partial charge is 0.478 e. The lowest BCUT2D eigenvalue weighted by Gasteiger charge is -2.47. The van der Waals surface area contributed by atoms with E-state index in [0.29, 0.717) is 12.2 Å². The van der Waals surface area contributed by atoms with Crippen molar-refractivity contribution in [3.63, 3.8) is 0 Å². The first-order valence-corrected chi connectivity index (χ1v) is 14.0. The fraction of sp³-hybridized carbons (Fsp3) is 0.364. The van der Waals surface area contributed by atoms with Crippen molar-refractivity contribution in [1.29, 1.82) is 0 Å². The lowest BCUT2D eigenvalue weighted by Crippen LogP contribution is -2.47. The molecule has 0 radical (unpaired) electrons. The molecule has 2 aliphatic rings. The first-order chi connectivity index (χ1) is 19.8. The molecular weight excluding hydrogens is 523 g/mol. The first-order valence-electron chi connectivity index (χ1n) is 14.0. The Morgan fingerprint density at radius 1 is 0.927 bits per heavy atom. The highest BCUT2D eigenvalue weighted by molar-refractivity contribution is 5.89. The van der Waals surface area contributed by atoms with Gasteiger partial charge in [-0.15, -0.1) is 0 Å². The Kier molecular flexibility index (Phi) is 10.4. The fourth-order valence-corrected chi connectivity index (χ4v) is 6.15. The molecule has 0 bridgehead atoms. The zero-order valence-electron chi connectivity index (χ0n) is 23.1. The highest BCUT2D eigenvalue weighted by atomic mass is 19.1. The zero-order chi connectivity index (χ0) is 29.1. The van der Waals surface area contributed by atoms with E-state index < -0.39 is 11.9 Å². The summed E-state index contributed by atoms with van der Waals surface area (Å²) in [6, 6.07) is 19.9. The number of carboxylic acids is 2. The van der Waals surface area contributed by atoms with Crippen LogP contribution in [-0.2, 0) is 26.3 Å². The molecule has 1 aliphatic heterocycles. The van der Waals surface area contributed by atoms with Gasteiger partial charge < -0.3 is 20.3 Å². The number of benzene rings is 2. The summed E-state index contributed by atoms with van der Waals surface area (Å²) in [6.45, 7) is 2.53. The van der Waals surface area contributed by atoms with Crippen molar-refractivity contribution in [1.82, 2.24) is 10.3 Å². The SMILES string of the molecule is Fc1ccc([C@]2(CCNCc3ccccc3-c3ccncc3)CCOC3(CCCC3)C2)cc1.O=C(O)/C=C\C(=O)O. The van der Waals surface area contributed by atoms with Crippen LogP contribution in [0.1, 0.15) is 56.1 Å². The van der Waals surface area contributed by atoms with Gasteiger partial charge in [-0.05, 0) is 85.2 Å². The van der Waals surface area contributed by atoms with Crippen molar-refractivity contribution in [3.05, 3.63) is 102 Å². The third-order valence-corrected chi connectivity index (χ3v) is 8.09. The smallest absolute Gasteiger partial charge is 0.328 e. The molecule has 216 valence electrons. The number of aliphatic carboxylic acids is 2. The number of hydrogen-bond acceptors (Lipinski definition) is 5. The van der Waals surface area contributed by atoms with Gasteiger partial charge in [0.25, 0.3) is 0 Å². The number of carboxylic acid groups (broad SMARTS) is 2. The Morgan fingerprint density at radius 2 is 1.59 bits per heavy atom. The van der Waals surface area contributed by atoms with E-state index in [-0.39, 0.29) is 16.8 Å². The average Bonchev–Trinajstić information content (AvgIpc) is 3.42. The molecule has 1 aromatic heterocycles. The summed E-state index contributed by atoms with van der Waals surface area (Å²) in [5.41, 5.74) is 5.04. The summed E-state index contributed by atoms with van der Waals surface area (Å²) < 4.78 is 20.1. The minimum atomic E-state index is -1.26. The van der Waals surface area contributed by atoms with Crippen molar-refractivity contribution < 1.29 is 28.9 Å². The van der Waals surface area contributed by atoms with Crippen LogP contribution in [0, 0.1) is 5.82 Å². The summed E-state index contributed by atoms with van der Waals surface area (Å²) in [6.07, 6.45) is 12.7. The maximum atomic E-state index is 13.7. The summed E-state index contributed by atoms with van der Waals surface area (Å²) in [7, 11) is 0. The maximum absolute atomic E-state index is 13.7. The molecule has 1 spiro atoms. The Bertz CT molecular complexity index is 1310. The average molecular weight is 561 g/mol. The van der Waals surface area contributed by atoms with E-state index in [1.165, 1.54) is 35.1 Å². The number of halogens is 1. The summed E-state index contributed by atoms with van der Waals surface area (Å²) >= 11 is 0. The van der Waals surface area contributed by atoms with E-state index in [1.807, 2.05) is 24.5 Å². The van der Waals surface area contributed by atoms with Crippen molar-refractivity contribution in [3.8, 4) is 11.1 Å². The molecule has 1 saturated carbocycles. The third kappa shape index (κ3) is 8.31. The van der Waals surface area contributed by atoms with E-state index in [9.17, 15) is 14.0 Å². The van der Waals surface area contributed by atoms with Crippen LogP contribution in [0.25, 0.3) is 11.1 Å². The van der Waals surface area contributed by atoms with Crippen LogP contribution in [0.3, 0.4) is 0 Å².